The Balaban J connectivity index is 1.90. The number of nitrogens with zero attached hydrogens (tertiary/aromatic N) is 6. The summed E-state index contributed by atoms with van der Waals surface area (Å²) in [5.41, 5.74) is 9.44. The third kappa shape index (κ3) is 3.22. The summed E-state index contributed by atoms with van der Waals surface area (Å²) >= 11 is 0. The van der Waals surface area contributed by atoms with Crippen LogP contribution in [0.1, 0.15) is 24.5 Å². The second-order valence-electron chi connectivity index (χ2n) is 4.51. The number of aromatic nitrogens is 2. The molecule has 1 aliphatic heterocycles. The molecule has 0 spiro atoms. The van der Waals surface area contributed by atoms with Crippen molar-refractivity contribution in [3.63, 3.8) is 0 Å². The number of aryl methyl sites for hydroxylation is 1. The average Bonchev–Trinajstić information content (AvgIpc) is 2.77. The van der Waals surface area contributed by atoms with E-state index >= 15 is 0 Å². The monoisotopic (exact) mass is 234 g/mol. The zero-order chi connectivity index (χ0) is 12.1. The number of likely N-dealkylation sites (tertiary alicyclic amines) is 1. The van der Waals surface area contributed by atoms with E-state index in [1.165, 1.54) is 18.5 Å². The molecule has 0 aliphatic carbocycles. The smallest absolute Gasteiger partial charge is 0.0668 e. The normalized spacial score (nSPS) is 21.1. The molecule has 0 bridgehead atoms. The number of azide groups is 1. The largest absolute Gasteiger partial charge is 0.303 e. The van der Waals surface area contributed by atoms with E-state index < -0.39 is 0 Å². The van der Waals surface area contributed by atoms with Crippen molar-refractivity contribution < 1.29 is 0 Å². The summed E-state index contributed by atoms with van der Waals surface area (Å²) in [6.07, 6.45) is 4.39. The summed E-state index contributed by atoms with van der Waals surface area (Å²) in [6.45, 7) is 3.54. The molecule has 2 heterocycles. The van der Waals surface area contributed by atoms with Crippen molar-refractivity contribution in [1.29, 1.82) is 0 Å². The third-order valence-electron chi connectivity index (χ3n) is 3.24. The molecule has 1 aromatic rings. The van der Waals surface area contributed by atoms with E-state index in [9.17, 15) is 0 Å². The van der Waals surface area contributed by atoms with E-state index in [1.807, 2.05) is 17.9 Å². The Morgan fingerprint density at radius 1 is 1.65 bits per heavy atom. The zero-order valence-electron chi connectivity index (χ0n) is 10.2. The van der Waals surface area contributed by atoms with Crippen LogP contribution >= 0.6 is 0 Å². The molecule has 17 heavy (non-hydrogen) atoms. The highest BCUT2D eigenvalue weighted by atomic mass is 15.3. The van der Waals surface area contributed by atoms with Crippen LogP contribution in [-0.2, 0) is 7.05 Å². The molecule has 6 heteroatoms. The van der Waals surface area contributed by atoms with Crippen LogP contribution in [0.2, 0.25) is 0 Å². The van der Waals surface area contributed by atoms with Gasteiger partial charge in [0.2, 0.25) is 0 Å². The number of hydrogen-bond donors (Lipinski definition) is 0. The van der Waals surface area contributed by atoms with Gasteiger partial charge in [0, 0.05) is 43.7 Å². The first kappa shape index (κ1) is 12.0. The molecule has 1 saturated heterocycles. The second-order valence-corrected chi connectivity index (χ2v) is 4.51. The molecule has 0 unspecified atom stereocenters. The van der Waals surface area contributed by atoms with Gasteiger partial charge in [0.25, 0.3) is 0 Å². The van der Waals surface area contributed by atoms with Gasteiger partial charge in [-0.1, -0.05) is 5.11 Å². The third-order valence-corrected chi connectivity index (χ3v) is 3.24. The lowest BCUT2D eigenvalue weighted by atomic mass is 9.95. The SMILES string of the molecule is Cn1ccc([C@H]2CCCN(CCN=[N+]=[N-])C2)n1. The van der Waals surface area contributed by atoms with Gasteiger partial charge in [0.15, 0.2) is 0 Å². The van der Waals surface area contributed by atoms with Gasteiger partial charge in [-0.15, -0.1) is 0 Å². The van der Waals surface area contributed by atoms with Crippen LogP contribution in [0.3, 0.4) is 0 Å². The highest BCUT2D eigenvalue weighted by Gasteiger charge is 2.22. The number of hydrogen-bond acceptors (Lipinski definition) is 3. The molecule has 0 aromatic carbocycles. The fraction of sp³-hybridized carbons (Fsp3) is 0.727. The minimum atomic E-state index is 0.524. The Kier molecular flexibility index (Phi) is 4.01. The number of piperidine rings is 1. The fourth-order valence-electron chi connectivity index (χ4n) is 2.38. The van der Waals surface area contributed by atoms with Gasteiger partial charge in [0.05, 0.1) is 5.69 Å². The van der Waals surface area contributed by atoms with Gasteiger partial charge in [-0.25, -0.2) is 0 Å². The molecule has 0 saturated carbocycles. The summed E-state index contributed by atoms with van der Waals surface area (Å²) in [4.78, 5) is 5.14. The molecule has 6 nitrogen and oxygen atoms in total. The minimum absolute atomic E-state index is 0.524. The molecule has 1 fully saturated rings. The van der Waals surface area contributed by atoms with E-state index in [0.29, 0.717) is 12.5 Å². The van der Waals surface area contributed by atoms with Gasteiger partial charge in [-0.05, 0) is 31.0 Å². The molecule has 0 radical (unpaired) electrons. The maximum absolute atomic E-state index is 8.26. The van der Waals surface area contributed by atoms with Gasteiger partial charge in [-0.3, -0.25) is 4.68 Å². The molecule has 0 amide bonds. The predicted octanol–water partition coefficient (Wildman–Crippen LogP) is 1.91. The molecule has 1 atom stereocenters. The quantitative estimate of drug-likeness (QED) is 0.453. The first-order chi connectivity index (χ1) is 8.29. The van der Waals surface area contributed by atoms with Crippen LogP contribution < -0.4 is 0 Å². The second kappa shape index (κ2) is 5.70. The van der Waals surface area contributed by atoms with Crippen LogP contribution in [0.4, 0.5) is 0 Å². The van der Waals surface area contributed by atoms with E-state index in [2.05, 4.69) is 26.1 Å². The lowest BCUT2D eigenvalue weighted by molar-refractivity contribution is 0.211. The van der Waals surface area contributed by atoms with Gasteiger partial charge >= 0.3 is 0 Å². The topological polar surface area (TPSA) is 69.8 Å². The van der Waals surface area contributed by atoms with Crippen molar-refractivity contribution in [2.75, 3.05) is 26.2 Å². The van der Waals surface area contributed by atoms with Crippen molar-refractivity contribution >= 4 is 0 Å². The van der Waals surface area contributed by atoms with Crippen molar-refractivity contribution in [3.05, 3.63) is 28.4 Å². The van der Waals surface area contributed by atoms with E-state index in [-0.39, 0.29) is 0 Å². The minimum Gasteiger partial charge on any atom is -0.303 e. The average molecular weight is 234 g/mol. The van der Waals surface area contributed by atoms with Crippen LogP contribution in [0.25, 0.3) is 10.4 Å². The molecule has 2 rings (SSSR count). The predicted molar refractivity (Wildman–Crippen MR) is 65.6 cm³/mol. The van der Waals surface area contributed by atoms with Crippen molar-refractivity contribution in [1.82, 2.24) is 14.7 Å². The zero-order valence-corrected chi connectivity index (χ0v) is 10.2. The van der Waals surface area contributed by atoms with E-state index in [4.69, 9.17) is 5.53 Å². The molecule has 1 aromatic heterocycles. The Bertz CT molecular complexity index is 406. The number of rotatable bonds is 4. The Labute approximate surface area is 101 Å². The van der Waals surface area contributed by atoms with Crippen LogP contribution in [0, 0.1) is 0 Å². The van der Waals surface area contributed by atoms with Crippen LogP contribution in [-0.4, -0.2) is 40.9 Å². The Hall–Kier alpha value is -1.52. The first-order valence-electron chi connectivity index (χ1n) is 6.02. The van der Waals surface area contributed by atoms with Gasteiger partial charge in [-0.2, -0.15) is 5.10 Å². The van der Waals surface area contributed by atoms with Gasteiger partial charge in [0.1, 0.15) is 0 Å². The van der Waals surface area contributed by atoms with E-state index in [0.717, 1.165) is 19.6 Å². The van der Waals surface area contributed by atoms with Gasteiger partial charge < -0.3 is 4.90 Å². The maximum atomic E-state index is 8.26. The molecule has 92 valence electrons. The summed E-state index contributed by atoms with van der Waals surface area (Å²) in [5, 5.41) is 8.06. The van der Waals surface area contributed by atoms with Crippen LogP contribution in [0.5, 0.6) is 0 Å². The first-order valence-corrected chi connectivity index (χ1v) is 6.02. The fourth-order valence-corrected chi connectivity index (χ4v) is 2.38. The Morgan fingerprint density at radius 2 is 2.53 bits per heavy atom. The highest BCUT2D eigenvalue weighted by Crippen LogP contribution is 2.25. The lowest BCUT2D eigenvalue weighted by Crippen LogP contribution is -2.36. The summed E-state index contributed by atoms with van der Waals surface area (Å²) in [6, 6.07) is 2.10. The van der Waals surface area contributed by atoms with Crippen LogP contribution in [0.15, 0.2) is 17.4 Å². The highest BCUT2D eigenvalue weighted by molar-refractivity contribution is 5.08. The van der Waals surface area contributed by atoms with Crippen molar-refractivity contribution in [3.8, 4) is 0 Å². The van der Waals surface area contributed by atoms with E-state index in [1.54, 1.807) is 0 Å². The molecular formula is C11H18N6. The van der Waals surface area contributed by atoms with Crippen molar-refractivity contribution in [2.45, 2.75) is 18.8 Å². The molecule has 0 N–H and O–H groups in total. The lowest BCUT2D eigenvalue weighted by Gasteiger charge is -2.31. The maximum Gasteiger partial charge on any atom is 0.0668 e. The van der Waals surface area contributed by atoms with Crippen molar-refractivity contribution in [2.24, 2.45) is 12.2 Å². The Morgan fingerprint density at radius 3 is 3.24 bits per heavy atom. The molecule has 1 aliphatic rings. The standard InChI is InChI=1S/C11H18N6/c1-16-7-4-11(14-16)10-3-2-6-17(9-10)8-5-13-15-12/h4,7,10H,2-3,5-6,8-9H2,1H3/t10-/m0/s1. The molecular weight excluding hydrogens is 216 g/mol. The summed E-state index contributed by atoms with van der Waals surface area (Å²) < 4.78 is 1.86. The summed E-state index contributed by atoms with van der Waals surface area (Å²) in [5.74, 6) is 0.524. The summed E-state index contributed by atoms with van der Waals surface area (Å²) in [7, 11) is 1.95.